The van der Waals surface area contributed by atoms with E-state index in [1.807, 2.05) is 11.6 Å². The summed E-state index contributed by atoms with van der Waals surface area (Å²) in [5.74, 6) is 1.58. The molecule has 0 amide bonds. The molecule has 0 saturated heterocycles. The Labute approximate surface area is 106 Å². The first kappa shape index (κ1) is 14.4. The van der Waals surface area contributed by atoms with E-state index in [-0.39, 0.29) is 0 Å². The molecule has 2 unspecified atom stereocenters. The van der Waals surface area contributed by atoms with Crippen LogP contribution in [-0.4, -0.2) is 26.3 Å². The number of hydrogen-bond acceptors (Lipinski definition) is 3. The maximum Gasteiger partial charge on any atom is 0.0656 e. The molecule has 0 aliphatic carbocycles. The lowest BCUT2D eigenvalue weighted by Crippen LogP contribution is -2.19. The third kappa shape index (κ3) is 4.24. The van der Waals surface area contributed by atoms with Crippen LogP contribution in [-0.2, 0) is 29.5 Å². The van der Waals surface area contributed by atoms with Gasteiger partial charge in [-0.3, -0.25) is 8.89 Å². The standard InChI is InChI=1S/C12H23N3OS/c1-4-11-6-12(15(5-2)14-11)9-17(16)8-10(3)7-13/h6,10H,4-5,7-9,13H2,1-3H3. The van der Waals surface area contributed by atoms with Gasteiger partial charge in [0.2, 0.25) is 0 Å². The SMILES string of the molecule is CCc1cc(CS(=O)CC(C)CN)n(CC)n1. The number of aromatic nitrogens is 2. The van der Waals surface area contributed by atoms with Crippen molar-refractivity contribution in [1.82, 2.24) is 9.78 Å². The monoisotopic (exact) mass is 257 g/mol. The van der Waals surface area contributed by atoms with E-state index in [0.717, 1.165) is 24.4 Å². The van der Waals surface area contributed by atoms with Crippen LogP contribution in [0.5, 0.6) is 0 Å². The van der Waals surface area contributed by atoms with Crippen LogP contribution in [0.1, 0.15) is 32.2 Å². The minimum atomic E-state index is -0.842. The molecule has 5 heteroatoms. The topological polar surface area (TPSA) is 60.9 Å². The maximum absolute atomic E-state index is 12.0. The van der Waals surface area contributed by atoms with Crippen molar-refractivity contribution in [1.29, 1.82) is 0 Å². The molecule has 0 fully saturated rings. The lowest BCUT2D eigenvalue weighted by Gasteiger charge is -2.08. The van der Waals surface area contributed by atoms with Crippen LogP contribution < -0.4 is 5.73 Å². The van der Waals surface area contributed by atoms with Gasteiger partial charge in [-0.15, -0.1) is 0 Å². The van der Waals surface area contributed by atoms with E-state index in [2.05, 4.69) is 25.0 Å². The summed E-state index contributed by atoms with van der Waals surface area (Å²) < 4.78 is 13.9. The van der Waals surface area contributed by atoms with E-state index < -0.39 is 10.8 Å². The van der Waals surface area contributed by atoms with Crippen molar-refractivity contribution in [2.24, 2.45) is 11.7 Å². The van der Waals surface area contributed by atoms with Gasteiger partial charge in [-0.25, -0.2) is 0 Å². The number of nitrogens with zero attached hydrogens (tertiary/aromatic N) is 2. The first-order chi connectivity index (χ1) is 8.10. The summed E-state index contributed by atoms with van der Waals surface area (Å²) in [6.07, 6.45) is 0.922. The molecule has 0 spiro atoms. The van der Waals surface area contributed by atoms with Gasteiger partial charge in [0.15, 0.2) is 0 Å². The van der Waals surface area contributed by atoms with Crippen molar-refractivity contribution in [3.63, 3.8) is 0 Å². The lowest BCUT2D eigenvalue weighted by atomic mass is 10.2. The lowest BCUT2D eigenvalue weighted by molar-refractivity contribution is 0.617. The van der Waals surface area contributed by atoms with Gasteiger partial charge in [0.05, 0.1) is 17.1 Å². The van der Waals surface area contributed by atoms with Crippen molar-refractivity contribution in [3.05, 3.63) is 17.5 Å². The van der Waals surface area contributed by atoms with Gasteiger partial charge in [-0.1, -0.05) is 13.8 Å². The quantitative estimate of drug-likeness (QED) is 0.801. The second kappa shape index (κ2) is 6.91. The van der Waals surface area contributed by atoms with Gasteiger partial charge in [-0.2, -0.15) is 5.10 Å². The summed E-state index contributed by atoms with van der Waals surface area (Å²) in [5.41, 5.74) is 7.69. The average molecular weight is 257 g/mol. The van der Waals surface area contributed by atoms with Crippen molar-refractivity contribution in [2.45, 2.75) is 39.5 Å². The Bertz CT molecular complexity index is 376. The number of rotatable bonds is 7. The fourth-order valence-corrected chi connectivity index (χ4v) is 3.14. The molecule has 1 aromatic rings. The Morgan fingerprint density at radius 2 is 2.24 bits per heavy atom. The molecule has 0 aromatic carbocycles. The van der Waals surface area contributed by atoms with Crippen LogP contribution in [0, 0.1) is 5.92 Å². The zero-order chi connectivity index (χ0) is 12.8. The van der Waals surface area contributed by atoms with Gasteiger partial charge in [0, 0.05) is 23.1 Å². The van der Waals surface area contributed by atoms with Gasteiger partial charge >= 0.3 is 0 Å². The van der Waals surface area contributed by atoms with Crippen molar-refractivity contribution in [3.8, 4) is 0 Å². The van der Waals surface area contributed by atoms with Gasteiger partial charge in [-0.05, 0) is 31.9 Å². The third-order valence-electron chi connectivity index (χ3n) is 2.76. The van der Waals surface area contributed by atoms with Crippen LogP contribution in [0.3, 0.4) is 0 Å². The molecule has 98 valence electrons. The molecule has 1 rings (SSSR count). The van der Waals surface area contributed by atoms with Crippen LogP contribution in [0.15, 0.2) is 6.07 Å². The van der Waals surface area contributed by atoms with Crippen molar-refractivity contribution >= 4 is 10.8 Å². The van der Waals surface area contributed by atoms with E-state index in [4.69, 9.17) is 5.73 Å². The molecule has 0 aliphatic heterocycles. The summed E-state index contributed by atoms with van der Waals surface area (Å²) in [6.45, 7) is 7.60. The highest BCUT2D eigenvalue weighted by atomic mass is 32.2. The van der Waals surface area contributed by atoms with Crippen molar-refractivity contribution < 1.29 is 4.21 Å². The smallest absolute Gasteiger partial charge is 0.0656 e. The van der Waals surface area contributed by atoms with Crippen LogP contribution in [0.2, 0.25) is 0 Å². The van der Waals surface area contributed by atoms with Crippen molar-refractivity contribution in [2.75, 3.05) is 12.3 Å². The highest BCUT2D eigenvalue weighted by Crippen LogP contribution is 2.10. The number of nitrogens with two attached hydrogens (primary N) is 1. The normalized spacial score (nSPS) is 14.8. The fraction of sp³-hybridized carbons (Fsp3) is 0.750. The molecule has 1 heterocycles. The summed E-state index contributed by atoms with van der Waals surface area (Å²) >= 11 is 0. The van der Waals surface area contributed by atoms with Gasteiger partial charge in [0.1, 0.15) is 0 Å². The molecule has 1 aromatic heterocycles. The Balaban J connectivity index is 2.66. The maximum atomic E-state index is 12.0. The Kier molecular flexibility index (Phi) is 5.85. The summed E-state index contributed by atoms with van der Waals surface area (Å²) in [5, 5.41) is 4.46. The van der Waals surface area contributed by atoms with Crippen LogP contribution >= 0.6 is 0 Å². The predicted molar refractivity (Wildman–Crippen MR) is 72.2 cm³/mol. The predicted octanol–water partition coefficient (Wildman–Crippen LogP) is 1.31. The van der Waals surface area contributed by atoms with E-state index in [1.54, 1.807) is 0 Å². The van der Waals surface area contributed by atoms with Gasteiger partial charge in [0.25, 0.3) is 0 Å². The Hall–Kier alpha value is -0.680. The summed E-state index contributed by atoms with van der Waals surface area (Å²) in [7, 11) is -0.842. The molecule has 0 bridgehead atoms. The molecular formula is C12H23N3OS. The third-order valence-corrected chi connectivity index (χ3v) is 4.32. The van der Waals surface area contributed by atoms with E-state index >= 15 is 0 Å². The number of aryl methyl sites for hydroxylation is 2. The zero-order valence-corrected chi connectivity index (χ0v) is 11.8. The molecule has 17 heavy (non-hydrogen) atoms. The molecule has 4 nitrogen and oxygen atoms in total. The first-order valence-corrected chi connectivity index (χ1v) is 7.70. The minimum Gasteiger partial charge on any atom is -0.330 e. The average Bonchev–Trinajstić information content (AvgIpc) is 2.70. The largest absolute Gasteiger partial charge is 0.330 e. The molecular weight excluding hydrogens is 234 g/mol. The van der Waals surface area contributed by atoms with Gasteiger partial charge < -0.3 is 5.73 Å². The Morgan fingerprint density at radius 1 is 1.53 bits per heavy atom. The summed E-state index contributed by atoms with van der Waals surface area (Å²) in [6, 6.07) is 2.06. The molecule has 2 N–H and O–H groups in total. The Morgan fingerprint density at radius 3 is 2.76 bits per heavy atom. The fourth-order valence-electron chi connectivity index (χ4n) is 1.69. The summed E-state index contributed by atoms with van der Waals surface area (Å²) in [4.78, 5) is 0. The number of hydrogen-bond donors (Lipinski definition) is 1. The van der Waals surface area contributed by atoms with E-state index in [0.29, 0.717) is 24.0 Å². The molecule has 0 saturated carbocycles. The second-order valence-corrected chi connectivity index (χ2v) is 5.89. The van der Waals surface area contributed by atoms with E-state index in [9.17, 15) is 4.21 Å². The molecule has 0 radical (unpaired) electrons. The second-order valence-electron chi connectivity index (χ2n) is 4.39. The van der Waals surface area contributed by atoms with Crippen LogP contribution in [0.4, 0.5) is 0 Å². The van der Waals surface area contributed by atoms with E-state index in [1.165, 1.54) is 0 Å². The zero-order valence-electron chi connectivity index (χ0n) is 11.0. The highest BCUT2D eigenvalue weighted by Gasteiger charge is 2.11. The molecule has 0 aliphatic rings. The first-order valence-electron chi connectivity index (χ1n) is 6.21. The molecule has 2 atom stereocenters. The highest BCUT2D eigenvalue weighted by molar-refractivity contribution is 7.84. The van der Waals surface area contributed by atoms with Crippen LogP contribution in [0.25, 0.3) is 0 Å². The minimum absolute atomic E-state index is 0.319.